The van der Waals surface area contributed by atoms with E-state index in [9.17, 15) is 0 Å². The molecule has 0 spiro atoms. The number of thiophene rings is 1. The molecule has 3 heterocycles. The number of aryl methyl sites for hydroxylation is 3. The first-order chi connectivity index (χ1) is 11.3. The average Bonchev–Trinajstić information content (AvgIpc) is 3.12. The highest BCUT2D eigenvalue weighted by Crippen LogP contribution is 2.39. The van der Waals surface area contributed by atoms with Gasteiger partial charge in [-0.3, -0.25) is 4.98 Å². The molecule has 2 N–H and O–H groups in total. The molecule has 118 valence electrons. The first-order valence-corrected chi connectivity index (χ1v) is 8.65. The summed E-state index contributed by atoms with van der Waals surface area (Å²) < 4.78 is 0. The highest BCUT2D eigenvalue weighted by molar-refractivity contribution is 7.19. The second-order valence-corrected chi connectivity index (χ2v) is 6.68. The maximum Gasteiger partial charge on any atom is 0.144 e. The zero-order chi connectivity index (χ0) is 15.6. The summed E-state index contributed by atoms with van der Waals surface area (Å²) in [7, 11) is 0. The van der Waals surface area contributed by atoms with Crippen LogP contribution in [0.15, 0.2) is 18.6 Å². The molecule has 0 unspecified atom stereocenters. The van der Waals surface area contributed by atoms with E-state index in [1.807, 2.05) is 18.3 Å². The molecule has 0 atom stereocenters. The van der Waals surface area contributed by atoms with Gasteiger partial charge in [-0.05, 0) is 31.7 Å². The van der Waals surface area contributed by atoms with E-state index in [2.05, 4.69) is 30.6 Å². The Kier molecular flexibility index (Phi) is 3.78. The molecule has 23 heavy (non-hydrogen) atoms. The van der Waals surface area contributed by atoms with Crippen LogP contribution in [0.3, 0.4) is 0 Å². The molecule has 6 nitrogen and oxygen atoms in total. The highest BCUT2D eigenvalue weighted by Gasteiger charge is 2.21. The first-order valence-electron chi connectivity index (χ1n) is 7.84. The molecule has 0 aromatic carbocycles. The molecule has 0 fully saturated rings. The number of aromatic nitrogens is 4. The standard InChI is InChI=1S/C16H18N6S/c1-10-21-15(20-8-7-19-13-9-17-5-6-18-13)14-11-3-2-4-12(11)23-16(14)22-10/h5-6,9H,2-4,7-8H2,1H3,(H,18,19)(H,20,21,22). The van der Waals surface area contributed by atoms with Crippen molar-refractivity contribution in [3.05, 3.63) is 34.9 Å². The quantitative estimate of drug-likeness (QED) is 0.702. The number of hydrogen-bond donors (Lipinski definition) is 2. The number of nitrogens with one attached hydrogen (secondary N) is 2. The summed E-state index contributed by atoms with van der Waals surface area (Å²) >= 11 is 1.83. The van der Waals surface area contributed by atoms with Gasteiger partial charge in [-0.1, -0.05) is 0 Å². The van der Waals surface area contributed by atoms with E-state index in [-0.39, 0.29) is 0 Å². The van der Waals surface area contributed by atoms with E-state index in [0.717, 1.165) is 41.8 Å². The van der Waals surface area contributed by atoms with Crippen LogP contribution in [0.4, 0.5) is 11.6 Å². The molecule has 1 aliphatic carbocycles. The number of rotatable bonds is 5. The van der Waals surface area contributed by atoms with Gasteiger partial charge in [0, 0.05) is 30.4 Å². The summed E-state index contributed by atoms with van der Waals surface area (Å²) in [6.07, 6.45) is 8.65. The van der Waals surface area contributed by atoms with Crippen molar-refractivity contribution in [2.24, 2.45) is 0 Å². The van der Waals surface area contributed by atoms with E-state index in [4.69, 9.17) is 0 Å². The fraction of sp³-hybridized carbons (Fsp3) is 0.375. The molecule has 0 radical (unpaired) electrons. The van der Waals surface area contributed by atoms with Crippen LogP contribution in [-0.2, 0) is 12.8 Å². The van der Waals surface area contributed by atoms with Gasteiger partial charge >= 0.3 is 0 Å². The van der Waals surface area contributed by atoms with Crippen molar-refractivity contribution in [1.29, 1.82) is 0 Å². The minimum Gasteiger partial charge on any atom is -0.368 e. The summed E-state index contributed by atoms with van der Waals surface area (Å²) in [6, 6.07) is 0. The molecule has 0 amide bonds. The van der Waals surface area contributed by atoms with Crippen molar-refractivity contribution in [3.8, 4) is 0 Å². The zero-order valence-corrected chi connectivity index (χ0v) is 13.8. The van der Waals surface area contributed by atoms with Gasteiger partial charge in [-0.2, -0.15) is 0 Å². The van der Waals surface area contributed by atoms with Crippen LogP contribution in [0.1, 0.15) is 22.7 Å². The molecule has 0 aliphatic heterocycles. The van der Waals surface area contributed by atoms with E-state index in [1.165, 1.54) is 28.7 Å². The van der Waals surface area contributed by atoms with E-state index >= 15 is 0 Å². The van der Waals surface area contributed by atoms with Gasteiger partial charge in [-0.15, -0.1) is 11.3 Å². The zero-order valence-electron chi connectivity index (χ0n) is 13.0. The molecular formula is C16H18N6S. The Morgan fingerprint density at radius 2 is 2.04 bits per heavy atom. The third kappa shape index (κ3) is 2.84. The van der Waals surface area contributed by atoms with Crippen LogP contribution in [-0.4, -0.2) is 33.0 Å². The van der Waals surface area contributed by atoms with Crippen molar-refractivity contribution in [1.82, 2.24) is 19.9 Å². The van der Waals surface area contributed by atoms with E-state index in [1.54, 1.807) is 18.6 Å². The topological polar surface area (TPSA) is 75.6 Å². The lowest BCUT2D eigenvalue weighted by Gasteiger charge is -2.10. The normalized spacial score (nSPS) is 13.3. The van der Waals surface area contributed by atoms with Crippen molar-refractivity contribution < 1.29 is 0 Å². The molecular weight excluding hydrogens is 308 g/mol. The first kappa shape index (κ1) is 14.3. The molecule has 7 heteroatoms. The fourth-order valence-corrected chi connectivity index (χ4v) is 4.30. The number of hydrogen-bond acceptors (Lipinski definition) is 7. The lowest BCUT2D eigenvalue weighted by molar-refractivity contribution is 0.916. The van der Waals surface area contributed by atoms with Gasteiger partial charge < -0.3 is 10.6 Å². The van der Waals surface area contributed by atoms with Crippen molar-refractivity contribution >= 4 is 33.2 Å². The summed E-state index contributed by atoms with van der Waals surface area (Å²) in [5.41, 5.74) is 1.45. The van der Waals surface area contributed by atoms with Crippen LogP contribution >= 0.6 is 11.3 Å². The average molecular weight is 326 g/mol. The molecule has 0 saturated carbocycles. The minimum absolute atomic E-state index is 0.759. The van der Waals surface area contributed by atoms with E-state index < -0.39 is 0 Å². The minimum atomic E-state index is 0.759. The van der Waals surface area contributed by atoms with Gasteiger partial charge in [0.25, 0.3) is 0 Å². The Morgan fingerprint density at radius 1 is 1.13 bits per heavy atom. The third-order valence-corrected chi connectivity index (χ3v) is 5.15. The Balaban J connectivity index is 1.50. The predicted octanol–water partition coefficient (Wildman–Crippen LogP) is 2.80. The molecule has 4 rings (SSSR count). The SMILES string of the molecule is Cc1nc(NCCNc2cnccn2)c2c3c(sc2n1)CCC3. The molecule has 0 saturated heterocycles. The molecule has 3 aromatic rings. The second kappa shape index (κ2) is 6.08. The smallest absolute Gasteiger partial charge is 0.144 e. The molecule has 0 bridgehead atoms. The summed E-state index contributed by atoms with van der Waals surface area (Å²) in [4.78, 5) is 20.1. The van der Waals surface area contributed by atoms with Crippen LogP contribution in [0.5, 0.6) is 0 Å². The molecule has 1 aliphatic rings. The lowest BCUT2D eigenvalue weighted by atomic mass is 10.2. The summed E-state index contributed by atoms with van der Waals surface area (Å²) in [5, 5.41) is 7.94. The van der Waals surface area contributed by atoms with Gasteiger partial charge in [0.05, 0.1) is 11.6 Å². The Labute approximate surface area is 138 Å². The van der Waals surface area contributed by atoms with Crippen molar-refractivity contribution in [3.63, 3.8) is 0 Å². The van der Waals surface area contributed by atoms with Crippen molar-refractivity contribution in [2.45, 2.75) is 26.2 Å². The maximum atomic E-state index is 4.62. The summed E-state index contributed by atoms with van der Waals surface area (Å²) in [6.45, 7) is 3.48. The van der Waals surface area contributed by atoms with Gasteiger partial charge in [-0.25, -0.2) is 15.0 Å². The second-order valence-electron chi connectivity index (χ2n) is 5.60. The monoisotopic (exact) mass is 326 g/mol. The highest BCUT2D eigenvalue weighted by atomic mass is 32.1. The van der Waals surface area contributed by atoms with Crippen LogP contribution in [0, 0.1) is 6.92 Å². The van der Waals surface area contributed by atoms with Gasteiger partial charge in [0.2, 0.25) is 0 Å². The lowest BCUT2D eigenvalue weighted by Crippen LogP contribution is -2.15. The summed E-state index contributed by atoms with van der Waals surface area (Å²) in [5.74, 6) is 2.57. The van der Waals surface area contributed by atoms with Crippen molar-refractivity contribution in [2.75, 3.05) is 23.7 Å². The largest absolute Gasteiger partial charge is 0.368 e. The van der Waals surface area contributed by atoms with Crippen LogP contribution < -0.4 is 10.6 Å². The Morgan fingerprint density at radius 3 is 2.91 bits per heavy atom. The van der Waals surface area contributed by atoms with Crippen LogP contribution in [0.2, 0.25) is 0 Å². The number of nitrogens with zero attached hydrogens (tertiary/aromatic N) is 4. The predicted molar refractivity (Wildman–Crippen MR) is 93.2 cm³/mol. The number of fused-ring (bicyclic) bond motifs is 3. The van der Waals surface area contributed by atoms with Gasteiger partial charge in [0.15, 0.2) is 0 Å². The Hall–Kier alpha value is -2.28. The molecule has 3 aromatic heterocycles. The number of anilines is 2. The van der Waals surface area contributed by atoms with Gasteiger partial charge in [0.1, 0.15) is 22.3 Å². The van der Waals surface area contributed by atoms with Crippen LogP contribution in [0.25, 0.3) is 10.2 Å². The third-order valence-electron chi connectivity index (χ3n) is 3.96. The maximum absolute atomic E-state index is 4.62. The fourth-order valence-electron chi connectivity index (χ4n) is 2.99. The Bertz CT molecular complexity index is 829. The van der Waals surface area contributed by atoms with E-state index in [0.29, 0.717) is 0 Å².